The van der Waals surface area contributed by atoms with E-state index in [-0.39, 0.29) is 24.6 Å². The lowest BCUT2D eigenvalue weighted by Crippen LogP contribution is -2.39. The Kier molecular flexibility index (Phi) is 8.68. The Labute approximate surface area is 246 Å². The van der Waals surface area contributed by atoms with Crippen LogP contribution in [0.25, 0.3) is 6.08 Å². The highest BCUT2D eigenvalue weighted by Crippen LogP contribution is 2.32. The molecule has 1 atom stereocenters. The summed E-state index contributed by atoms with van der Waals surface area (Å²) in [4.78, 5) is 32.1. The van der Waals surface area contributed by atoms with Crippen molar-refractivity contribution in [2.45, 2.75) is 40.3 Å². The molecule has 1 aliphatic rings. The third-order valence-electron chi connectivity index (χ3n) is 6.76. The van der Waals surface area contributed by atoms with Gasteiger partial charge >= 0.3 is 5.97 Å². The van der Waals surface area contributed by atoms with Gasteiger partial charge in [-0.2, -0.15) is 0 Å². The molecule has 0 N–H and O–H groups in total. The van der Waals surface area contributed by atoms with E-state index in [4.69, 9.17) is 14.2 Å². The number of carbonyl (C=O) groups is 1. The first-order chi connectivity index (χ1) is 20.3. The van der Waals surface area contributed by atoms with Crippen LogP contribution in [0.2, 0.25) is 0 Å². The minimum Gasteiger partial charge on any atom is -0.490 e. The molecule has 216 valence electrons. The van der Waals surface area contributed by atoms with Gasteiger partial charge < -0.3 is 14.2 Å². The maximum Gasteiger partial charge on any atom is 0.338 e. The van der Waals surface area contributed by atoms with Crippen molar-refractivity contribution in [3.63, 3.8) is 0 Å². The van der Waals surface area contributed by atoms with Crippen molar-refractivity contribution in [2.24, 2.45) is 4.99 Å². The van der Waals surface area contributed by atoms with Crippen LogP contribution in [0.3, 0.4) is 0 Å². The number of ether oxygens (including phenoxy) is 3. The number of aryl methyl sites for hydroxylation is 1. The molecule has 1 aliphatic heterocycles. The first-order valence-corrected chi connectivity index (χ1v) is 14.5. The van der Waals surface area contributed by atoms with Crippen molar-refractivity contribution < 1.29 is 23.4 Å². The molecule has 3 aromatic carbocycles. The standard InChI is InChI=1S/C33H31FN2O5S/c1-5-39-27-17-22(12-15-26(27)41-19-23-8-7-9-25(34)16-23)18-28-31(37)36-30(24-13-10-20(3)11-14-24)29(32(38)40-6-2)21(4)35-33(36)42-28/h7-18,30H,5-6,19H2,1-4H3/b28-18+/t30-/m0/s1. The molecule has 0 spiro atoms. The zero-order valence-electron chi connectivity index (χ0n) is 23.8. The zero-order valence-corrected chi connectivity index (χ0v) is 24.7. The predicted molar refractivity (Wildman–Crippen MR) is 160 cm³/mol. The minimum absolute atomic E-state index is 0.178. The second-order valence-electron chi connectivity index (χ2n) is 9.77. The van der Waals surface area contributed by atoms with E-state index in [2.05, 4.69) is 4.99 Å². The molecule has 0 saturated heterocycles. The number of fused-ring (bicyclic) bond motifs is 1. The van der Waals surface area contributed by atoms with E-state index in [1.165, 1.54) is 23.5 Å². The Balaban J connectivity index is 1.55. The van der Waals surface area contributed by atoms with Gasteiger partial charge in [0, 0.05) is 0 Å². The Morgan fingerprint density at radius 1 is 1.00 bits per heavy atom. The summed E-state index contributed by atoms with van der Waals surface area (Å²) in [5, 5.41) is 0. The van der Waals surface area contributed by atoms with Gasteiger partial charge in [-0.1, -0.05) is 59.4 Å². The van der Waals surface area contributed by atoms with Crippen molar-refractivity contribution in [2.75, 3.05) is 13.2 Å². The lowest BCUT2D eigenvalue weighted by molar-refractivity contribution is -0.139. The Hall–Kier alpha value is -4.50. The Morgan fingerprint density at radius 3 is 2.50 bits per heavy atom. The molecular formula is C33H31FN2O5S. The van der Waals surface area contributed by atoms with Crippen LogP contribution < -0.4 is 24.4 Å². The van der Waals surface area contributed by atoms with Gasteiger partial charge in [-0.05, 0) is 74.7 Å². The zero-order chi connectivity index (χ0) is 29.8. The summed E-state index contributed by atoms with van der Waals surface area (Å²) in [7, 11) is 0. The Bertz CT molecular complexity index is 1840. The molecule has 9 heteroatoms. The van der Waals surface area contributed by atoms with E-state index in [0.29, 0.717) is 44.3 Å². The molecule has 2 heterocycles. The molecule has 0 saturated carbocycles. The van der Waals surface area contributed by atoms with E-state index in [0.717, 1.165) is 16.7 Å². The van der Waals surface area contributed by atoms with Gasteiger partial charge in [0.15, 0.2) is 16.3 Å². The molecule has 0 amide bonds. The number of rotatable bonds is 9. The van der Waals surface area contributed by atoms with Crippen LogP contribution in [0, 0.1) is 12.7 Å². The van der Waals surface area contributed by atoms with Gasteiger partial charge in [0.2, 0.25) is 0 Å². The fraction of sp³-hybridized carbons (Fsp3) is 0.242. The fourth-order valence-electron chi connectivity index (χ4n) is 4.80. The van der Waals surface area contributed by atoms with Crippen LogP contribution in [0.5, 0.6) is 11.5 Å². The summed E-state index contributed by atoms with van der Waals surface area (Å²) in [6.45, 7) is 8.17. The number of thiazole rings is 1. The van der Waals surface area contributed by atoms with E-state index >= 15 is 0 Å². The normalized spacial score (nSPS) is 14.8. The number of nitrogens with zero attached hydrogens (tertiary/aromatic N) is 2. The largest absolute Gasteiger partial charge is 0.490 e. The number of allylic oxidation sites excluding steroid dienone is 1. The smallest absolute Gasteiger partial charge is 0.338 e. The maximum atomic E-state index is 13.9. The molecule has 0 bridgehead atoms. The highest BCUT2D eigenvalue weighted by molar-refractivity contribution is 7.07. The summed E-state index contributed by atoms with van der Waals surface area (Å²) in [6, 6.07) is 18.7. The van der Waals surface area contributed by atoms with Crippen molar-refractivity contribution in [1.29, 1.82) is 0 Å². The number of carbonyl (C=O) groups excluding carboxylic acids is 1. The third-order valence-corrected chi connectivity index (χ3v) is 7.74. The van der Waals surface area contributed by atoms with E-state index in [1.807, 2.05) is 44.2 Å². The monoisotopic (exact) mass is 586 g/mol. The number of halogens is 1. The Morgan fingerprint density at radius 2 is 1.79 bits per heavy atom. The summed E-state index contributed by atoms with van der Waals surface area (Å²) >= 11 is 1.26. The molecule has 0 aliphatic carbocycles. The van der Waals surface area contributed by atoms with E-state index < -0.39 is 12.0 Å². The number of aromatic nitrogens is 1. The van der Waals surface area contributed by atoms with Gasteiger partial charge in [-0.25, -0.2) is 14.2 Å². The number of hydrogen-bond donors (Lipinski definition) is 0. The quantitative estimate of drug-likeness (QED) is 0.251. The fourth-order valence-corrected chi connectivity index (χ4v) is 5.84. The van der Waals surface area contributed by atoms with Gasteiger partial charge in [0.25, 0.3) is 5.56 Å². The maximum absolute atomic E-state index is 13.9. The van der Waals surface area contributed by atoms with Crippen LogP contribution in [0.4, 0.5) is 4.39 Å². The molecule has 0 fully saturated rings. The van der Waals surface area contributed by atoms with Crippen molar-refractivity contribution in [3.8, 4) is 11.5 Å². The first kappa shape index (κ1) is 29.0. The minimum atomic E-state index is -0.666. The summed E-state index contributed by atoms with van der Waals surface area (Å²) in [5.41, 5.74) is 3.90. The van der Waals surface area contributed by atoms with Crippen LogP contribution in [-0.4, -0.2) is 23.8 Å². The summed E-state index contributed by atoms with van der Waals surface area (Å²) in [6.07, 6.45) is 1.78. The van der Waals surface area contributed by atoms with E-state index in [9.17, 15) is 14.0 Å². The molecule has 7 nitrogen and oxygen atoms in total. The van der Waals surface area contributed by atoms with Gasteiger partial charge in [-0.3, -0.25) is 9.36 Å². The molecule has 1 aromatic heterocycles. The van der Waals surface area contributed by atoms with Gasteiger partial charge in [0.05, 0.1) is 35.1 Å². The molecule has 42 heavy (non-hydrogen) atoms. The van der Waals surface area contributed by atoms with Gasteiger partial charge in [0.1, 0.15) is 12.4 Å². The van der Waals surface area contributed by atoms with Crippen LogP contribution in [0.15, 0.2) is 87.8 Å². The average Bonchev–Trinajstić information content (AvgIpc) is 3.26. The summed E-state index contributed by atoms with van der Waals surface area (Å²) < 4.78 is 32.7. The number of hydrogen-bond acceptors (Lipinski definition) is 7. The molecule has 5 rings (SSSR count). The molecule has 0 unspecified atom stereocenters. The third kappa shape index (κ3) is 6.06. The van der Waals surface area contributed by atoms with Crippen LogP contribution in [0.1, 0.15) is 49.1 Å². The van der Waals surface area contributed by atoms with Crippen molar-refractivity contribution in [1.82, 2.24) is 4.57 Å². The average molecular weight is 587 g/mol. The topological polar surface area (TPSA) is 79.1 Å². The molecular weight excluding hydrogens is 555 g/mol. The highest BCUT2D eigenvalue weighted by atomic mass is 32.1. The predicted octanol–water partition coefficient (Wildman–Crippen LogP) is 5.22. The lowest BCUT2D eigenvalue weighted by Gasteiger charge is -2.24. The second kappa shape index (κ2) is 12.6. The van der Waals surface area contributed by atoms with Crippen molar-refractivity contribution in [3.05, 3.63) is 126 Å². The first-order valence-electron chi connectivity index (χ1n) is 13.7. The lowest BCUT2D eigenvalue weighted by atomic mass is 9.95. The van der Waals surface area contributed by atoms with Crippen molar-refractivity contribution >= 4 is 23.4 Å². The molecule has 4 aromatic rings. The number of benzene rings is 3. The number of esters is 1. The summed E-state index contributed by atoms with van der Waals surface area (Å²) in [5.74, 6) is 0.197. The van der Waals surface area contributed by atoms with Gasteiger partial charge in [-0.15, -0.1) is 0 Å². The van der Waals surface area contributed by atoms with E-state index in [1.54, 1.807) is 48.8 Å². The van der Waals surface area contributed by atoms with Crippen LogP contribution >= 0.6 is 11.3 Å². The second-order valence-corrected chi connectivity index (χ2v) is 10.8. The van der Waals surface area contributed by atoms with Crippen LogP contribution in [-0.2, 0) is 16.1 Å². The SMILES string of the molecule is CCOC(=O)C1=C(C)N=c2s/c(=C/c3ccc(OCc4cccc(F)c4)c(OCC)c3)c(=O)n2[C@H]1c1ccc(C)cc1. The highest BCUT2D eigenvalue weighted by Gasteiger charge is 2.33. The molecule has 0 radical (unpaired) electrons.